The number of piperidine rings is 1. The van der Waals surface area contributed by atoms with Gasteiger partial charge in [0.05, 0.1) is 17.3 Å². The third-order valence-corrected chi connectivity index (χ3v) is 3.30. The summed E-state index contributed by atoms with van der Waals surface area (Å²) in [6.45, 7) is 1.78. The van der Waals surface area contributed by atoms with E-state index in [-0.39, 0.29) is 12.3 Å². The van der Waals surface area contributed by atoms with Crippen LogP contribution in [0.3, 0.4) is 0 Å². The minimum Gasteiger partial charge on any atom is -0.341 e. The molecule has 0 spiro atoms. The fourth-order valence-corrected chi connectivity index (χ4v) is 2.29. The van der Waals surface area contributed by atoms with Gasteiger partial charge in [-0.1, -0.05) is 0 Å². The molecule has 1 fully saturated rings. The highest BCUT2D eigenvalue weighted by Gasteiger charge is 2.28. The van der Waals surface area contributed by atoms with Gasteiger partial charge in [-0.3, -0.25) is 24.7 Å². The van der Waals surface area contributed by atoms with Crippen LogP contribution in [0.4, 0.5) is 0 Å². The number of carbonyl (C=O) groups is 3. The Morgan fingerprint density at radius 3 is 2.95 bits per heavy atom. The fraction of sp³-hybridized carbons (Fsp3) is 0.308. The van der Waals surface area contributed by atoms with E-state index in [0.29, 0.717) is 28.8 Å². The lowest BCUT2D eigenvalue weighted by atomic mass is 10.1. The van der Waals surface area contributed by atoms with Crippen molar-refractivity contribution in [1.29, 1.82) is 0 Å². The normalized spacial score (nSPS) is 18.6. The van der Waals surface area contributed by atoms with Crippen molar-refractivity contribution in [2.75, 3.05) is 0 Å². The van der Waals surface area contributed by atoms with Gasteiger partial charge in [0, 0.05) is 12.6 Å². The highest BCUT2D eigenvalue weighted by Crippen LogP contribution is 2.15. The van der Waals surface area contributed by atoms with Gasteiger partial charge in [-0.15, -0.1) is 0 Å². The van der Waals surface area contributed by atoms with Crippen LogP contribution in [0.2, 0.25) is 0 Å². The summed E-state index contributed by atoms with van der Waals surface area (Å²) in [6.07, 6.45) is 3.49. The Hall–Kier alpha value is -2.77. The van der Waals surface area contributed by atoms with Gasteiger partial charge in [-0.2, -0.15) is 0 Å². The zero-order valence-electron chi connectivity index (χ0n) is 11.3. The number of aromatic amines is 1. The number of imidazole rings is 1. The van der Waals surface area contributed by atoms with Crippen molar-refractivity contribution in [3.63, 3.8) is 0 Å². The van der Waals surface area contributed by atoms with Crippen LogP contribution in [0.5, 0.6) is 0 Å². The van der Waals surface area contributed by atoms with Crippen molar-refractivity contribution >= 4 is 28.8 Å². The Bertz CT molecular complexity index is 751. The van der Waals surface area contributed by atoms with Crippen LogP contribution >= 0.6 is 0 Å². The van der Waals surface area contributed by atoms with Crippen LogP contribution in [0.15, 0.2) is 12.4 Å². The van der Waals surface area contributed by atoms with Crippen LogP contribution < -0.4 is 10.6 Å². The molecule has 0 aliphatic carbocycles. The lowest BCUT2D eigenvalue weighted by Gasteiger charge is -2.21. The van der Waals surface area contributed by atoms with Crippen LogP contribution in [-0.2, 0) is 9.59 Å². The lowest BCUT2D eigenvalue weighted by molar-refractivity contribution is -0.134. The number of H-pyrrole nitrogens is 1. The molecule has 8 nitrogen and oxygen atoms in total. The van der Waals surface area contributed by atoms with Gasteiger partial charge < -0.3 is 10.3 Å². The first-order valence-corrected chi connectivity index (χ1v) is 6.49. The Kier molecular flexibility index (Phi) is 3.13. The molecule has 2 aromatic rings. The van der Waals surface area contributed by atoms with E-state index in [9.17, 15) is 14.4 Å². The van der Waals surface area contributed by atoms with Crippen molar-refractivity contribution in [2.45, 2.75) is 25.8 Å². The van der Waals surface area contributed by atoms with Crippen molar-refractivity contribution in [3.8, 4) is 0 Å². The summed E-state index contributed by atoms with van der Waals surface area (Å²) in [7, 11) is 0. The second-order valence-electron chi connectivity index (χ2n) is 4.88. The number of rotatable bonds is 2. The molecule has 108 valence electrons. The minimum absolute atomic E-state index is 0.209. The van der Waals surface area contributed by atoms with Gasteiger partial charge in [0.15, 0.2) is 0 Å². The molecular weight excluding hydrogens is 274 g/mol. The second-order valence-corrected chi connectivity index (χ2v) is 4.88. The van der Waals surface area contributed by atoms with Crippen LogP contribution in [0.25, 0.3) is 11.0 Å². The molecule has 1 aliphatic heterocycles. The minimum atomic E-state index is -0.717. The number of nitrogens with one attached hydrogen (secondary N) is 3. The molecule has 21 heavy (non-hydrogen) atoms. The highest BCUT2D eigenvalue weighted by atomic mass is 16.2. The van der Waals surface area contributed by atoms with E-state index in [1.807, 2.05) is 0 Å². The standard InChI is InChI=1S/C13H13N5O3/c1-6-15-9-5-14-4-7(11(9)16-6)12(20)17-8-2-3-10(19)18-13(8)21/h4-5,8H,2-3H2,1H3,(H,15,16)(H,17,20)(H,18,19,21). The molecule has 1 saturated heterocycles. The molecular formula is C13H13N5O3. The summed E-state index contributed by atoms with van der Waals surface area (Å²) in [5.74, 6) is -0.572. The highest BCUT2D eigenvalue weighted by molar-refractivity contribution is 6.07. The van der Waals surface area contributed by atoms with Crippen molar-refractivity contribution in [2.24, 2.45) is 0 Å². The van der Waals surface area contributed by atoms with Gasteiger partial charge in [0.1, 0.15) is 17.4 Å². The van der Waals surface area contributed by atoms with E-state index >= 15 is 0 Å². The van der Waals surface area contributed by atoms with Crippen molar-refractivity contribution < 1.29 is 14.4 Å². The fourth-order valence-electron chi connectivity index (χ4n) is 2.29. The summed E-state index contributed by atoms with van der Waals surface area (Å²) in [5.41, 5.74) is 1.46. The average Bonchev–Trinajstić information content (AvgIpc) is 2.81. The number of fused-ring (bicyclic) bond motifs is 1. The molecule has 0 radical (unpaired) electrons. The molecule has 8 heteroatoms. The first kappa shape index (κ1) is 13.2. The van der Waals surface area contributed by atoms with Gasteiger partial charge in [0.25, 0.3) is 5.91 Å². The van der Waals surface area contributed by atoms with Crippen LogP contribution in [0.1, 0.15) is 29.0 Å². The number of imide groups is 1. The predicted molar refractivity (Wildman–Crippen MR) is 72.3 cm³/mol. The van der Waals surface area contributed by atoms with Crippen LogP contribution in [0, 0.1) is 6.92 Å². The number of pyridine rings is 1. The van der Waals surface area contributed by atoms with Crippen molar-refractivity contribution in [1.82, 2.24) is 25.6 Å². The number of hydrogen-bond acceptors (Lipinski definition) is 5. The smallest absolute Gasteiger partial charge is 0.255 e. The lowest BCUT2D eigenvalue weighted by Crippen LogP contribution is -2.52. The first-order chi connectivity index (χ1) is 10.0. The third kappa shape index (κ3) is 2.47. The molecule has 3 amide bonds. The molecule has 0 saturated carbocycles. The molecule has 3 N–H and O–H groups in total. The Morgan fingerprint density at radius 1 is 1.38 bits per heavy atom. The largest absolute Gasteiger partial charge is 0.341 e. The number of aromatic nitrogens is 3. The zero-order chi connectivity index (χ0) is 15.0. The summed E-state index contributed by atoms with van der Waals surface area (Å²) in [5, 5.41) is 4.81. The van der Waals surface area contributed by atoms with Gasteiger partial charge in [0.2, 0.25) is 11.8 Å². The monoisotopic (exact) mass is 287 g/mol. The number of amides is 3. The van der Waals surface area contributed by atoms with E-state index in [4.69, 9.17) is 0 Å². The molecule has 3 rings (SSSR count). The van der Waals surface area contributed by atoms with E-state index in [1.165, 1.54) is 6.20 Å². The summed E-state index contributed by atoms with van der Waals surface area (Å²) < 4.78 is 0. The quantitative estimate of drug-likeness (QED) is 0.661. The Labute approximate surface area is 119 Å². The zero-order valence-corrected chi connectivity index (χ0v) is 11.3. The number of carbonyl (C=O) groups excluding carboxylic acids is 3. The molecule has 3 heterocycles. The van der Waals surface area contributed by atoms with Crippen LogP contribution in [-0.4, -0.2) is 38.7 Å². The number of hydrogen-bond donors (Lipinski definition) is 3. The predicted octanol–water partition coefficient (Wildman–Crippen LogP) is -0.199. The molecule has 1 unspecified atom stereocenters. The number of aryl methyl sites for hydroxylation is 1. The summed E-state index contributed by atoms with van der Waals surface area (Å²) in [4.78, 5) is 46.3. The third-order valence-electron chi connectivity index (χ3n) is 3.30. The number of nitrogens with zero attached hydrogens (tertiary/aromatic N) is 2. The first-order valence-electron chi connectivity index (χ1n) is 6.49. The maximum Gasteiger partial charge on any atom is 0.255 e. The molecule has 2 aromatic heterocycles. The van der Waals surface area contributed by atoms with E-state index < -0.39 is 17.9 Å². The molecule has 0 bridgehead atoms. The Balaban J connectivity index is 1.84. The van der Waals surface area contributed by atoms with E-state index in [2.05, 4.69) is 25.6 Å². The van der Waals surface area contributed by atoms with Crippen molar-refractivity contribution in [3.05, 3.63) is 23.8 Å². The SMILES string of the molecule is Cc1nc2c(C(=O)NC3CCC(=O)NC3=O)cncc2[nH]1. The van der Waals surface area contributed by atoms with E-state index in [0.717, 1.165) is 0 Å². The topological polar surface area (TPSA) is 117 Å². The molecule has 0 aromatic carbocycles. The van der Waals surface area contributed by atoms with Gasteiger partial charge in [-0.25, -0.2) is 4.98 Å². The van der Waals surface area contributed by atoms with Gasteiger partial charge in [-0.05, 0) is 13.3 Å². The summed E-state index contributed by atoms with van der Waals surface area (Å²) >= 11 is 0. The van der Waals surface area contributed by atoms with Gasteiger partial charge >= 0.3 is 0 Å². The second kappa shape index (κ2) is 4.97. The summed E-state index contributed by atoms with van der Waals surface area (Å²) in [6, 6.07) is -0.717. The maximum absolute atomic E-state index is 12.3. The molecule has 1 atom stereocenters. The molecule has 1 aliphatic rings. The average molecular weight is 287 g/mol. The maximum atomic E-state index is 12.3. The Morgan fingerprint density at radius 2 is 2.19 bits per heavy atom. The van der Waals surface area contributed by atoms with E-state index in [1.54, 1.807) is 13.1 Å².